The predicted octanol–water partition coefficient (Wildman–Crippen LogP) is 0.973. The molecule has 0 saturated carbocycles. The van der Waals surface area contributed by atoms with Crippen molar-refractivity contribution < 1.29 is 13.9 Å². The Morgan fingerprint density at radius 1 is 1.39 bits per heavy atom. The average Bonchev–Trinajstić information content (AvgIpc) is 2.87. The maximum Gasteiger partial charge on any atom is 0.276 e. The number of aryl methyl sites for hydroxylation is 1. The first-order valence-corrected chi connectivity index (χ1v) is 7.09. The summed E-state index contributed by atoms with van der Waals surface area (Å²) < 4.78 is 10.6. The van der Waals surface area contributed by atoms with Gasteiger partial charge in [0, 0.05) is 31.7 Å². The predicted molar refractivity (Wildman–Crippen MR) is 66.4 cm³/mol. The Bertz CT molecular complexity index is 391. The van der Waals surface area contributed by atoms with Gasteiger partial charge in [-0.25, -0.2) is 0 Å². The molecule has 2 heterocycles. The van der Waals surface area contributed by atoms with E-state index in [1.54, 1.807) is 0 Å². The second-order valence-corrected chi connectivity index (χ2v) is 4.95. The summed E-state index contributed by atoms with van der Waals surface area (Å²) in [6.45, 7) is 4.64. The van der Waals surface area contributed by atoms with Crippen LogP contribution in [0.2, 0.25) is 0 Å². The summed E-state index contributed by atoms with van der Waals surface area (Å²) in [7, 11) is 0. The van der Waals surface area contributed by atoms with E-state index < -0.39 is 0 Å². The molecule has 1 amide bonds. The normalized spacial score (nSPS) is 15.9. The maximum atomic E-state index is 11.8. The monoisotopic (exact) mass is 271 g/mol. The summed E-state index contributed by atoms with van der Waals surface area (Å²) >= 11 is 1.43. The molecule has 0 aromatic carbocycles. The Labute approximate surface area is 110 Å². The minimum absolute atomic E-state index is 0.168. The lowest BCUT2D eigenvalue weighted by Gasteiger charge is -2.26. The maximum absolute atomic E-state index is 11.8. The van der Waals surface area contributed by atoms with Crippen LogP contribution in [0.25, 0.3) is 0 Å². The van der Waals surface area contributed by atoms with Crippen molar-refractivity contribution in [2.45, 2.75) is 25.0 Å². The van der Waals surface area contributed by atoms with E-state index in [1.807, 2.05) is 11.8 Å². The highest BCUT2D eigenvalue weighted by Crippen LogP contribution is 2.17. The van der Waals surface area contributed by atoms with Gasteiger partial charge in [0.25, 0.3) is 5.22 Å². The van der Waals surface area contributed by atoms with Gasteiger partial charge in [-0.2, -0.15) is 0 Å². The van der Waals surface area contributed by atoms with Crippen LogP contribution in [0.5, 0.6) is 0 Å². The van der Waals surface area contributed by atoms with Crippen molar-refractivity contribution in [2.75, 3.05) is 32.1 Å². The highest BCUT2D eigenvalue weighted by molar-refractivity contribution is 7.99. The number of hydrogen-bond donors (Lipinski definition) is 0. The molecule has 18 heavy (non-hydrogen) atoms. The van der Waals surface area contributed by atoms with E-state index >= 15 is 0 Å². The highest BCUT2D eigenvalue weighted by atomic mass is 32.2. The second kappa shape index (κ2) is 6.75. The van der Waals surface area contributed by atoms with Crippen molar-refractivity contribution in [3.63, 3.8) is 0 Å². The molecule has 1 saturated heterocycles. The topological polar surface area (TPSA) is 68.5 Å². The first-order valence-electron chi connectivity index (χ1n) is 6.10. The van der Waals surface area contributed by atoms with Gasteiger partial charge in [0.15, 0.2) is 0 Å². The molecule has 0 N–H and O–H groups in total. The zero-order valence-electron chi connectivity index (χ0n) is 10.4. The van der Waals surface area contributed by atoms with Gasteiger partial charge >= 0.3 is 0 Å². The van der Waals surface area contributed by atoms with Crippen LogP contribution in [0.4, 0.5) is 0 Å². The standard InChI is InChI=1S/C11H17N3O3S/c1-2-9-12-13-11(17-9)18-8-3-10(15)14-4-6-16-7-5-14/h2-8H2,1H3. The van der Waals surface area contributed by atoms with Crippen molar-refractivity contribution >= 4 is 17.7 Å². The van der Waals surface area contributed by atoms with Crippen LogP contribution in [-0.4, -0.2) is 53.1 Å². The molecule has 1 aliphatic heterocycles. The lowest BCUT2D eigenvalue weighted by Crippen LogP contribution is -2.40. The summed E-state index contributed by atoms with van der Waals surface area (Å²) in [4.78, 5) is 13.7. The molecule has 2 rings (SSSR count). The van der Waals surface area contributed by atoms with Crippen LogP contribution in [0.15, 0.2) is 9.64 Å². The van der Waals surface area contributed by atoms with Crippen LogP contribution in [0.3, 0.4) is 0 Å². The van der Waals surface area contributed by atoms with Gasteiger partial charge in [0.05, 0.1) is 13.2 Å². The van der Waals surface area contributed by atoms with E-state index in [0.717, 1.165) is 6.42 Å². The first-order chi connectivity index (χ1) is 8.79. The number of aromatic nitrogens is 2. The lowest BCUT2D eigenvalue weighted by atomic mass is 10.3. The molecular formula is C11H17N3O3S. The van der Waals surface area contributed by atoms with Crippen LogP contribution in [-0.2, 0) is 16.0 Å². The fourth-order valence-electron chi connectivity index (χ4n) is 1.64. The van der Waals surface area contributed by atoms with Crippen molar-refractivity contribution in [3.8, 4) is 0 Å². The zero-order chi connectivity index (χ0) is 12.8. The summed E-state index contributed by atoms with van der Waals surface area (Å²) in [6, 6.07) is 0. The van der Waals surface area contributed by atoms with Gasteiger partial charge in [-0.15, -0.1) is 10.2 Å². The third-order valence-electron chi connectivity index (χ3n) is 2.66. The molecule has 0 spiro atoms. The molecule has 0 atom stereocenters. The van der Waals surface area contributed by atoms with Crippen LogP contribution in [0, 0.1) is 0 Å². The van der Waals surface area contributed by atoms with Crippen molar-refractivity contribution in [2.24, 2.45) is 0 Å². The summed E-state index contributed by atoms with van der Waals surface area (Å²) in [5.41, 5.74) is 0. The van der Waals surface area contributed by atoms with E-state index in [2.05, 4.69) is 10.2 Å². The number of hydrogen-bond acceptors (Lipinski definition) is 6. The number of carbonyl (C=O) groups is 1. The summed E-state index contributed by atoms with van der Waals surface area (Å²) in [6.07, 6.45) is 1.23. The largest absolute Gasteiger partial charge is 0.416 e. The molecule has 1 aromatic rings. The van der Waals surface area contributed by atoms with Crippen molar-refractivity contribution in [3.05, 3.63) is 5.89 Å². The molecule has 0 aliphatic carbocycles. The van der Waals surface area contributed by atoms with E-state index in [9.17, 15) is 4.79 Å². The smallest absolute Gasteiger partial charge is 0.276 e. The number of nitrogens with zero attached hydrogens (tertiary/aromatic N) is 3. The molecule has 0 unspecified atom stereocenters. The van der Waals surface area contributed by atoms with Gasteiger partial charge in [-0.1, -0.05) is 18.7 Å². The molecular weight excluding hydrogens is 254 g/mol. The summed E-state index contributed by atoms with van der Waals surface area (Å²) in [5, 5.41) is 8.31. The van der Waals surface area contributed by atoms with Gasteiger partial charge in [0.1, 0.15) is 0 Å². The second-order valence-electron chi connectivity index (χ2n) is 3.91. The fourth-order valence-corrected chi connectivity index (χ4v) is 2.34. The number of morpholine rings is 1. The minimum Gasteiger partial charge on any atom is -0.416 e. The number of ether oxygens (including phenoxy) is 1. The first kappa shape index (κ1) is 13.4. The number of thioether (sulfide) groups is 1. The average molecular weight is 271 g/mol. The van der Waals surface area contributed by atoms with Crippen molar-refractivity contribution in [1.29, 1.82) is 0 Å². The molecule has 1 aliphatic rings. The number of amides is 1. The third-order valence-corrected chi connectivity index (χ3v) is 3.48. The molecule has 100 valence electrons. The quantitative estimate of drug-likeness (QED) is 0.743. The van der Waals surface area contributed by atoms with Crippen molar-refractivity contribution in [1.82, 2.24) is 15.1 Å². The van der Waals surface area contributed by atoms with Crippen LogP contribution >= 0.6 is 11.8 Å². The zero-order valence-corrected chi connectivity index (χ0v) is 11.2. The van der Waals surface area contributed by atoms with Crippen LogP contribution in [0.1, 0.15) is 19.2 Å². The SMILES string of the molecule is CCc1nnc(SCCC(=O)N2CCOCC2)o1. The Hall–Kier alpha value is -1.08. The minimum atomic E-state index is 0.168. The van der Waals surface area contributed by atoms with E-state index in [1.165, 1.54) is 11.8 Å². The fraction of sp³-hybridized carbons (Fsp3) is 0.727. The van der Waals surface area contributed by atoms with Gasteiger partial charge in [-0.05, 0) is 0 Å². The molecule has 1 aromatic heterocycles. The van der Waals surface area contributed by atoms with Gasteiger partial charge in [-0.3, -0.25) is 4.79 Å². The van der Waals surface area contributed by atoms with E-state index in [4.69, 9.17) is 9.15 Å². The van der Waals surface area contributed by atoms with Gasteiger partial charge < -0.3 is 14.1 Å². The van der Waals surface area contributed by atoms with Gasteiger partial charge in [0.2, 0.25) is 11.8 Å². The Morgan fingerprint density at radius 2 is 2.17 bits per heavy atom. The van der Waals surface area contributed by atoms with E-state index in [0.29, 0.717) is 49.6 Å². The third kappa shape index (κ3) is 3.71. The molecule has 0 bridgehead atoms. The lowest BCUT2D eigenvalue weighted by molar-refractivity contribution is -0.134. The van der Waals surface area contributed by atoms with Crippen LogP contribution < -0.4 is 0 Å². The number of rotatable bonds is 5. The Morgan fingerprint density at radius 3 is 2.83 bits per heavy atom. The molecule has 6 nitrogen and oxygen atoms in total. The van der Waals surface area contributed by atoms with E-state index in [-0.39, 0.29) is 5.91 Å². The Balaban J connectivity index is 1.69. The molecule has 1 fully saturated rings. The summed E-state index contributed by atoms with van der Waals surface area (Å²) in [5.74, 6) is 1.47. The Kier molecular flexibility index (Phi) is 5.00. The number of carbonyl (C=O) groups excluding carboxylic acids is 1. The highest BCUT2D eigenvalue weighted by Gasteiger charge is 2.16. The molecule has 0 radical (unpaired) electrons. The molecule has 7 heteroatoms.